The van der Waals surface area contributed by atoms with Gasteiger partial charge in [-0.3, -0.25) is 0 Å². The Kier molecular flexibility index (Phi) is 7.01. The van der Waals surface area contributed by atoms with E-state index in [1.165, 1.54) is 39.2 Å². The first-order valence-corrected chi connectivity index (χ1v) is 7.09. The van der Waals surface area contributed by atoms with Crippen molar-refractivity contribution < 1.29 is 14.6 Å². The zero-order valence-corrected chi connectivity index (χ0v) is 11.9. The van der Waals surface area contributed by atoms with Crippen molar-refractivity contribution >= 4 is 5.97 Å². The molecule has 19 heavy (non-hydrogen) atoms. The Balaban J connectivity index is 2.53. The summed E-state index contributed by atoms with van der Waals surface area (Å²) in [5, 5.41) is 9.11. The van der Waals surface area contributed by atoms with E-state index in [0.29, 0.717) is 5.75 Å². The van der Waals surface area contributed by atoms with E-state index in [1.54, 1.807) is 12.1 Å². The third-order valence-electron chi connectivity index (χ3n) is 3.33. The number of hydrogen-bond donors (Lipinski definition) is 1. The van der Waals surface area contributed by atoms with E-state index >= 15 is 0 Å². The maximum absolute atomic E-state index is 11.1. The molecule has 1 aromatic carbocycles. The maximum Gasteiger partial charge on any atom is 0.339 e. The highest BCUT2D eigenvalue weighted by Crippen LogP contribution is 2.25. The van der Waals surface area contributed by atoms with E-state index in [4.69, 9.17) is 9.84 Å². The molecule has 0 aromatic heterocycles. The van der Waals surface area contributed by atoms with E-state index in [-0.39, 0.29) is 5.56 Å². The smallest absolute Gasteiger partial charge is 0.339 e. The van der Waals surface area contributed by atoms with E-state index in [0.717, 1.165) is 18.4 Å². The molecule has 0 amide bonds. The van der Waals surface area contributed by atoms with Crippen LogP contribution in [0.4, 0.5) is 0 Å². The topological polar surface area (TPSA) is 46.5 Å². The predicted molar refractivity (Wildman–Crippen MR) is 77.0 cm³/mol. The SMILES string of the molecule is CCCCCCCCc1cccc(C(=O)O)c1OC. The molecule has 0 aliphatic rings. The molecule has 0 atom stereocenters. The average Bonchev–Trinajstić information content (AvgIpc) is 2.42. The van der Waals surface area contributed by atoms with Crippen LogP contribution in [0.3, 0.4) is 0 Å². The molecule has 3 heteroatoms. The van der Waals surface area contributed by atoms with Gasteiger partial charge in [-0.25, -0.2) is 4.79 Å². The lowest BCUT2D eigenvalue weighted by molar-refractivity contribution is 0.0693. The Labute approximate surface area is 115 Å². The minimum absolute atomic E-state index is 0.256. The van der Waals surface area contributed by atoms with Crippen LogP contribution in [0, 0.1) is 0 Å². The minimum atomic E-state index is -0.929. The largest absolute Gasteiger partial charge is 0.496 e. The Morgan fingerprint density at radius 2 is 1.84 bits per heavy atom. The molecular weight excluding hydrogens is 240 g/mol. The van der Waals surface area contributed by atoms with Gasteiger partial charge in [0.2, 0.25) is 0 Å². The fourth-order valence-electron chi connectivity index (χ4n) is 2.29. The van der Waals surface area contributed by atoms with Crippen molar-refractivity contribution in [2.24, 2.45) is 0 Å². The van der Waals surface area contributed by atoms with Crippen molar-refractivity contribution in [2.75, 3.05) is 7.11 Å². The number of aromatic carboxylic acids is 1. The molecule has 3 nitrogen and oxygen atoms in total. The number of hydrogen-bond acceptors (Lipinski definition) is 2. The summed E-state index contributed by atoms with van der Waals surface area (Å²) in [7, 11) is 1.53. The van der Waals surface area contributed by atoms with Gasteiger partial charge in [-0.2, -0.15) is 0 Å². The summed E-state index contributed by atoms with van der Waals surface area (Å²) < 4.78 is 5.25. The van der Waals surface area contributed by atoms with Gasteiger partial charge < -0.3 is 9.84 Å². The number of ether oxygens (including phenoxy) is 1. The molecule has 0 radical (unpaired) electrons. The number of methoxy groups -OCH3 is 1. The highest BCUT2D eigenvalue weighted by atomic mass is 16.5. The summed E-state index contributed by atoms with van der Waals surface area (Å²) in [5.41, 5.74) is 1.25. The van der Waals surface area contributed by atoms with Crippen molar-refractivity contribution in [3.8, 4) is 5.75 Å². The van der Waals surface area contributed by atoms with Crippen LogP contribution in [0.5, 0.6) is 5.75 Å². The number of benzene rings is 1. The van der Waals surface area contributed by atoms with Crippen LogP contribution < -0.4 is 4.74 Å². The van der Waals surface area contributed by atoms with E-state index < -0.39 is 5.97 Å². The first-order chi connectivity index (χ1) is 9.20. The summed E-state index contributed by atoms with van der Waals surface area (Å²) in [5.74, 6) is -0.412. The average molecular weight is 264 g/mol. The highest BCUT2D eigenvalue weighted by Gasteiger charge is 2.13. The summed E-state index contributed by atoms with van der Waals surface area (Å²) in [6.07, 6.45) is 8.28. The zero-order valence-electron chi connectivity index (χ0n) is 11.9. The van der Waals surface area contributed by atoms with Crippen LogP contribution in [0.15, 0.2) is 18.2 Å². The van der Waals surface area contributed by atoms with Crippen molar-refractivity contribution in [3.05, 3.63) is 29.3 Å². The third-order valence-corrected chi connectivity index (χ3v) is 3.33. The summed E-state index contributed by atoms with van der Waals surface area (Å²) >= 11 is 0. The molecule has 0 aliphatic heterocycles. The number of carboxylic acids is 1. The quantitative estimate of drug-likeness (QED) is 0.676. The molecule has 0 bridgehead atoms. The summed E-state index contributed by atoms with van der Waals surface area (Å²) in [6, 6.07) is 5.33. The monoisotopic (exact) mass is 264 g/mol. The van der Waals surface area contributed by atoms with Gasteiger partial charge in [-0.05, 0) is 24.5 Å². The van der Waals surface area contributed by atoms with Crippen LogP contribution in [0.25, 0.3) is 0 Å². The van der Waals surface area contributed by atoms with Crippen LogP contribution in [0.2, 0.25) is 0 Å². The van der Waals surface area contributed by atoms with E-state index in [1.807, 2.05) is 6.07 Å². The van der Waals surface area contributed by atoms with Gasteiger partial charge in [0, 0.05) is 0 Å². The molecule has 0 aliphatic carbocycles. The molecular formula is C16H24O3. The van der Waals surface area contributed by atoms with Gasteiger partial charge in [0.25, 0.3) is 0 Å². The van der Waals surface area contributed by atoms with Gasteiger partial charge in [0.05, 0.1) is 7.11 Å². The van der Waals surface area contributed by atoms with Crippen LogP contribution in [-0.4, -0.2) is 18.2 Å². The number of unbranched alkanes of at least 4 members (excludes halogenated alkanes) is 5. The number of para-hydroxylation sites is 1. The zero-order chi connectivity index (χ0) is 14.1. The third kappa shape index (κ3) is 4.93. The van der Waals surface area contributed by atoms with Crippen LogP contribution in [-0.2, 0) is 6.42 Å². The molecule has 1 aromatic rings. The van der Waals surface area contributed by atoms with Gasteiger partial charge in [-0.15, -0.1) is 0 Å². The van der Waals surface area contributed by atoms with Gasteiger partial charge in [-0.1, -0.05) is 51.2 Å². The number of aryl methyl sites for hydroxylation is 1. The van der Waals surface area contributed by atoms with Gasteiger partial charge in [0.1, 0.15) is 11.3 Å². The van der Waals surface area contributed by atoms with E-state index in [9.17, 15) is 4.79 Å². The second-order valence-electron chi connectivity index (χ2n) is 4.82. The molecule has 0 saturated carbocycles. The summed E-state index contributed by atoms with van der Waals surface area (Å²) in [6.45, 7) is 2.21. The molecule has 0 unspecified atom stereocenters. The van der Waals surface area contributed by atoms with Gasteiger partial charge in [0.15, 0.2) is 0 Å². The fraction of sp³-hybridized carbons (Fsp3) is 0.562. The van der Waals surface area contributed by atoms with Crippen molar-refractivity contribution in [3.63, 3.8) is 0 Å². The lowest BCUT2D eigenvalue weighted by Gasteiger charge is -2.11. The van der Waals surface area contributed by atoms with Crippen molar-refractivity contribution in [1.29, 1.82) is 0 Å². The first kappa shape index (κ1) is 15.5. The first-order valence-electron chi connectivity index (χ1n) is 7.09. The molecule has 1 N–H and O–H groups in total. The normalized spacial score (nSPS) is 10.4. The lowest BCUT2D eigenvalue weighted by Crippen LogP contribution is -2.03. The number of rotatable bonds is 9. The minimum Gasteiger partial charge on any atom is -0.496 e. The molecule has 0 saturated heterocycles. The number of carbonyl (C=O) groups is 1. The molecule has 1 rings (SSSR count). The Morgan fingerprint density at radius 1 is 1.16 bits per heavy atom. The van der Waals surface area contributed by atoms with Crippen LogP contribution in [0.1, 0.15) is 61.4 Å². The molecule has 0 fully saturated rings. The van der Waals surface area contributed by atoms with Crippen molar-refractivity contribution in [2.45, 2.75) is 51.9 Å². The number of carboxylic acid groups (broad SMARTS) is 1. The predicted octanol–water partition coefficient (Wildman–Crippen LogP) is 4.30. The maximum atomic E-state index is 11.1. The highest BCUT2D eigenvalue weighted by molar-refractivity contribution is 5.91. The Hall–Kier alpha value is -1.51. The molecule has 106 valence electrons. The standard InChI is InChI=1S/C16H24O3/c1-3-4-5-6-7-8-10-13-11-9-12-14(16(17)18)15(13)19-2/h9,11-12H,3-8,10H2,1-2H3,(H,17,18). The second-order valence-corrected chi connectivity index (χ2v) is 4.82. The summed E-state index contributed by atoms with van der Waals surface area (Å²) in [4.78, 5) is 11.1. The fourth-order valence-corrected chi connectivity index (χ4v) is 2.29. The Morgan fingerprint density at radius 3 is 2.47 bits per heavy atom. The van der Waals surface area contributed by atoms with Gasteiger partial charge >= 0.3 is 5.97 Å². The lowest BCUT2D eigenvalue weighted by atomic mass is 10.0. The molecule has 0 heterocycles. The second kappa shape index (κ2) is 8.57. The molecule has 0 spiro atoms. The Bertz CT molecular complexity index is 399. The van der Waals surface area contributed by atoms with E-state index in [2.05, 4.69) is 6.92 Å². The van der Waals surface area contributed by atoms with Crippen LogP contribution >= 0.6 is 0 Å². The van der Waals surface area contributed by atoms with Crippen molar-refractivity contribution in [1.82, 2.24) is 0 Å².